The van der Waals surface area contributed by atoms with Crippen LogP contribution in [0.2, 0.25) is 0 Å². The van der Waals surface area contributed by atoms with Crippen LogP contribution in [0.5, 0.6) is 0 Å². The van der Waals surface area contributed by atoms with Gasteiger partial charge in [0.25, 0.3) is 0 Å². The van der Waals surface area contributed by atoms with Crippen LogP contribution in [-0.2, 0) is 4.74 Å². The predicted molar refractivity (Wildman–Crippen MR) is 55.9 cm³/mol. The van der Waals surface area contributed by atoms with Gasteiger partial charge in [-0.25, -0.2) is 0 Å². The molecule has 0 aromatic heterocycles. The second-order valence-corrected chi connectivity index (χ2v) is 4.56. The van der Waals surface area contributed by atoms with Crippen LogP contribution in [0.3, 0.4) is 0 Å². The van der Waals surface area contributed by atoms with Crippen molar-refractivity contribution in [2.75, 3.05) is 13.2 Å². The largest absolute Gasteiger partial charge is 0.377 e. The quantitative estimate of drug-likeness (QED) is 0.725. The van der Waals surface area contributed by atoms with Gasteiger partial charge in [-0.15, -0.1) is 0 Å². The highest BCUT2D eigenvalue weighted by Gasteiger charge is 2.17. The Morgan fingerprint density at radius 2 is 2.15 bits per heavy atom. The Hall–Kier alpha value is -0.0800. The highest BCUT2D eigenvalue weighted by atomic mass is 16.5. The SMILES string of the molecule is CC(C)CCOC1CCC(C)NC1. The molecule has 2 atom stereocenters. The number of piperidine rings is 1. The summed E-state index contributed by atoms with van der Waals surface area (Å²) in [5, 5.41) is 3.45. The van der Waals surface area contributed by atoms with Crippen molar-refractivity contribution in [1.29, 1.82) is 0 Å². The Kier molecular flexibility index (Phi) is 4.74. The molecule has 1 heterocycles. The van der Waals surface area contributed by atoms with E-state index in [0.29, 0.717) is 12.1 Å². The van der Waals surface area contributed by atoms with Crippen molar-refractivity contribution >= 4 is 0 Å². The molecule has 1 saturated heterocycles. The summed E-state index contributed by atoms with van der Waals surface area (Å²) in [4.78, 5) is 0. The first-order valence-corrected chi connectivity index (χ1v) is 5.53. The topological polar surface area (TPSA) is 21.3 Å². The molecule has 0 aromatic rings. The fourth-order valence-corrected chi connectivity index (χ4v) is 1.59. The summed E-state index contributed by atoms with van der Waals surface area (Å²) in [6.07, 6.45) is 4.14. The minimum atomic E-state index is 0.468. The van der Waals surface area contributed by atoms with E-state index in [9.17, 15) is 0 Å². The van der Waals surface area contributed by atoms with Gasteiger partial charge in [-0.05, 0) is 32.1 Å². The van der Waals surface area contributed by atoms with Crippen molar-refractivity contribution in [3.8, 4) is 0 Å². The summed E-state index contributed by atoms with van der Waals surface area (Å²) in [6.45, 7) is 8.69. The summed E-state index contributed by atoms with van der Waals surface area (Å²) in [5.74, 6) is 0.760. The standard InChI is InChI=1S/C11H23NO/c1-9(2)6-7-13-11-5-4-10(3)12-8-11/h9-12H,4-8H2,1-3H3. The number of ether oxygens (including phenoxy) is 1. The molecule has 0 amide bonds. The molecule has 13 heavy (non-hydrogen) atoms. The normalized spacial score (nSPS) is 29.5. The van der Waals surface area contributed by atoms with Crippen LogP contribution >= 0.6 is 0 Å². The van der Waals surface area contributed by atoms with Gasteiger partial charge in [-0.3, -0.25) is 0 Å². The molecule has 1 N–H and O–H groups in total. The zero-order chi connectivity index (χ0) is 9.68. The average Bonchev–Trinajstić information content (AvgIpc) is 2.08. The van der Waals surface area contributed by atoms with E-state index in [2.05, 4.69) is 26.1 Å². The van der Waals surface area contributed by atoms with Gasteiger partial charge in [-0.1, -0.05) is 13.8 Å². The molecule has 0 radical (unpaired) electrons. The third-order valence-electron chi connectivity index (χ3n) is 2.66. The molecule has 2 nitrogen and oxygen atoms in total. The second-order valence-electron chi connectivity index (χ2n) is 4.56. The van der Waals surface area contributed by atoms with Crippen molar-refractivity contribution in [1.82, 2.24) is 5.32 Å². The zero-order valence-corrected chi connectivity index (χ0v) is 9.18. The van der Waals surface area contributed by atoms with Crippen LogP contribution in [0.4, 0.5) is 0 Å². The minimum absolute atomic E-state index is 0.468. The van der Waals surface area contributed by atoms with Gasteiger partial charge >= 0.3 is 0 Å². The Bertz CT molecular complexity index is 128. The molecule has 0 bridgehead atoms. The molecule has 2 heteroatoms. The molecule has 0 aromatic carbocycles. The number of rotatable bonds is 4. The number of hydrogen-bond donors (Lipinski definition) is 1. The van der Waals surface area contributed by atoms with Crippen LogP contribution in [-0.4, -0.2) is 25.3 Å². The molecule has 2 unspecified atom stereocenters. The van der Waals surface area contributed by atoms with E-state index in [-0.39, 0.29) is 0 Å². The lowest BCUT2D eigenvalue weighted by Crippen LogP contribution is -2.41. The van der Waals surface area contributed by atoms with E-state index in [1.165, 1.54) is 19.3 Å². The molecular formula is C11H23NO. The van der Waals surface area contributed by atoms with Crippen molar-refractivity contribution in [2.45, 2.75) is 52.2 Å². The Morgan fingerprint density at radius 3 is 2.69 bits per heavy atom. The maximum absolute atomic E-state index is 5.78. The first-order valence-electron chi connectivity index (χ1n) is 5.53. The van der Waals surface area contributed by atoms with Gasteiger partial charge in [0.1, 0.15) is 0 Å². The van der Waals surface area contributed by atoms with E-state index in [1.54, 1.807) is 0 Å². The van der Waals surface area contributed by atoms with E-state index in [4.69, 9.17) is 4.74 Å². The first-order chi connectivity index (χ1) is 6.18. The van der Waals surface area contributed by atoms with Crippen LogP contribution in [0.15, 0.2) is 0 Å². The fourth-order valence-electron chi connectivity index (χ4n) is 1.59. The summed E-state index contributed by atoms with van der Waals surface area (Å²) < 4.78 is 5.78. The molecule has 0 aliphatic carbocycles. The highest BCUT2D eigenvalue weighted by Crippen LogP contribution is 2.11. The Balaban J connectivity index is 2.02. The Labute approximate surface area is 82.0 Å². The minimum Gasteiger partial charge on any atom is -0.377 e. The molecule has 1 fully saturated rings. The molecular weight excluding hydrogens is 162 g/mol. The van der Waals surface area contributed by atoms with Crippen LogP contribution in [0, 0.1) is 5.92 Å². The molecule has 78 valence electrons. The molecule has 0 saturated carbocycles. The molecule has 0 spiro atoms. The average molecular weight is 185 g/mol. The van der Waals surface area contributed by atoms with Crippen molar-refractivity contribution < 1.29 is 4.74 Å². The molecule has 1 aliphatic rings. The predicted octanol–water partition coefficient (Wildman–Crippen LogP) is 2.19. The summed E-state index contributed by atoms with van der Waals surface area (Å²) in [7, 11) is 0. The summed E-state index contributed by atoms with van der Waals surface area (Å²) in [5.41, 5.74) is 0. The summed E-state index contributed by atoms with van der Waals surface area (Å²) >= 11 is 0. The van der Waals surface area contributed by atoms with Crippen molar-refractivity contribution in [3.63, 3.8) is 0 Å². The number of hydrogen-bond acceptors (Lipinski definition) is 2. The van der Waals surface area contributed by atoms with Crippen LogP contribution < -0.4 is 5.32 Å². The first kappa shape index (κ1) is 11.0. The van der Waals surface area contributed by atoms with E-state index in [1.807, 2.05) is 0 Å². The van der Waals surface area contributed by atoms with Crippen molar-refractivity contribution in [2.24, 2.45) is 5.92 Å². The number of nitrogens with one attached hydrogen (secondary N) is 1. The van der Waals surface area contributed by atoms with Gasteiger partial charge in [-0.2, -0.15) is 0 Å². The Morgan fingerprint density at radius 1 is 1.38 bits per heavy atom. The smallest absolute Gasteiger partial charge is 0.0700 e. The van der Waals surface area contributed by atoms with Crippen LogP contribution in [0.25, 0.3) is 0 Å². The third kappa shape index (κ3) is 4.63. The molecule has 1 rings (SSSR count). The third-order valence-corrected chi connectivity index (χ3v) is 2.66. The molecule has 1 aliphatic heterocycles. The van der Waals surface area contributed by atoms with E-state index in [0.717, 1.165) is 19.1 Å². The van der Waals surface area contributed by atoms with Gasteiger partial charge in [0.2, 0.25) is 0 Å². The second kappa shape index (κ2) is 5.61. The van der Waals surface area contributed by atoms with Gasteiger partial charge in [0, 0.05) is 19.2 Å². The lowest BCUT2D eigenvalue weighted by Gasteiger charge is -2.27. The maximum Gasteiger partial charge on any atom is 0.0700 e. The van der Waals surface area contributed by atoms with E-state index < -0.39 is 0 Å². The zero-order valence-electron chi connectivity index (χ0n) is 9.18. The lowest BCUT2D eigenvalue weighted by molar-refractivity contribution is 0.0253. The van der Waals surface area contributed by atoms with Gasteiger partial charge < -0.3 is 10.1 Å². The monoisotopic (exact) mass is 185 g/mol. The van der Waals surface area contributed by atoms with Crippen LogP contribution in [0.1, 0.15) is 40.0 Å². The highest BCUT2D eigenvalue weighted by molar-refractivity contribution is 4.74. The lowest BCUT2D eigenvalue weighted by atomic mass is 10.0. The fraction of sp³-hybridized carbons (Fsp3) is 1.00. The summed E-state index contributed by atoms with van der Waals surface area (Å²) in [6, 6.07) is 0.685. The maximum atomic E-state index is 5.78. The van der Waals surface area contributed by atoms with Crippen molar-refractivity contribution in [3.05, 3.63) is 0 Å². The van der Waals surface area contributed by atoms with E-state index >= 15 is 0 Å². The van der Waals surface area contributed by atoms with Gasteiger partial charge in [0.05, 0.1) is 6.10 Å². The van der Waals surface area contributed by atoms with Gasteiger partial charge in [0.15, 0.2) is 0 Å².